The van der Waals surface area contributed by atoms with Gasteiger partial charge in [0.25, 0.3) is 10.0 Å². The molecule has 9 heteroatoms. The minimum absolute atomic E-state index is 0.0468. The van der Waals surface area contributed by atoms with E-state index >= 15 is 0 Å². The number of carbonyl (C=O) groups excluding carboxylic acids is 1. The maximum absolute atomic E-state index is 13.9. The number of ether oxygens (including phenoxy) is 2. The molecule has 0 saturated carbocycles. The van der Waals surface area contributed by atoms with Crippen LogP contribution in [0.1, 0.15) is 16.7 Å². The molecule has 39 heavy (non-hydrogen) atoms. The predicted octanol–water partition coefficient (Wildman–Crippen LogP) is 6.38. The summed E-state index contributed by atoms with van der Waals surface area (Å²) in [5.74, 6) is 0.289. The van der Waals surface area contributed by atoms with Crippen molar-refractivity contribution in [1.82, 2.24) is 0 Å². The van der Waals surface area contributed by atoms with Gasteiger partial charge in [0, 0.05) is 10.7 Å². The average molecular weight is 565 g/mol. The zero-order valence-electron chi connectivity index (χ0n) is 21.8. The molecule has 4 aromatic rings. The fraction of sp³-hybridized carbons (Fsp3) is 0.167. The summed E-state index contributed by atoms with van der Waals surface area (Å²) in [5, 5.41) is 3.15. The molecular formula is C30H29ClN2O5S. The van der Waals surface area contributed by atoms with E-state index in [9.17, 15) is 13.2 Å². The van der Waals surface area contributed by atoms with Crippen LogP contribution in [0, 0.1) is 13.8 Å². The number of amides is 1. The Hall–Kier alpha value is -4.01. The molecule has 4 rings (SSSR count). The second-order valence-corrected chi connectivity index (χ2v) is 11.2. The lowest BCUT2D eigenvalue weighted by molar-refractivity contribution is -0.114. The first-order valence-corrected chi connectivity index (χ1v) is 14.0. The molecule has 0 aromatic heterocycles. The van der Waals surface area contributed by atoms with E-state index in [1.165, 1.54) is 19.2 Å². The summed E-state index contributed by atoms with van der Waals surface area (Å²) in [4.78, 5) is 13.1. The molecule has 0 heterocycles. The molecule has 0 fully saturated rings. The molecule has 0 spiro atoms. The molecule has 0 aliphatic heterocycles. The number of hydrogen-bond donors (Lipinski definition) is 1. The SMILES string of the molecule is COc1ccc(C)cc1S(=O)(=O)N(CC(=O)Nc1ccc(OCc2ccccc2)cc1)c1ccc(C)c(Cl)c1. The van der Waals surface area contributed by atoms with Crippen LogP contribution < -0.4 is 19.1 Å². The number of sulfonamides is 1. The highest BCUT2D eigenvalue weighted by molar-refractivity contribution is 7.93. The average Bonchev–Trinajstić information content (AvgIpc) is 2.93. The number of hydrogen-bond acceptors (Lipinski definition) is 5. The Balaban J connectivity index is 1.55. The summed E-state index contributed by atoms with van der Waals surface area (Å²) < 4.78 is 39.9. The topological polar surface area (TPSA) is 84.9 Å². The zero-order valence-corrected chi connectivity index (χ0v) is 23.4. The van der Waals surface area contributed by atoms with E-state index in [4.69, 9.17) is 21.1 Å². The largest absolute Gasteiger partial charge is 0.495 e. The van der Waals surface area contributed by atoms with Gasteiger partial charge in [-0.1, -0.05) is 54.1 Å². The Morgan fingerprint density at radius 3 is 2.31 bits per heavy atom. The van der Waals surface area contributed by atoms with Crippen LogP contribution in [0.4, 0.5) is 11.4 Å². The maximum atomic E-state index is 13.9. The van der Waals surface area contributed by atoms with Crippen molar-refractivity contribution >= 4 is 38.9 Å². The second kappa shape index (κ2) is 12.2. The minimum Gasteiger partial charge on any atom is -0.495 e. The van der Waals surface area contributed by atoms with Crippen LogP contribution >= 0.6 is 11.6 Å². The van der Waals surface area contributed by atoms with Gasteiger partial charge in [0.15, 0.2) is 0 Å². The molecule has 0 aliphatic carbocycles. The van der Waals surface area contributed by atoms with Crippen LogP contribution in [0.3, 0.4) is 0 Å². The van der Waals surface area contributed by atoms with Gasteiger partial charge in [0.2, 0.25) is 5.91 Å². The van der Waals surface area contributed by atoms with Gasteiger partial charge < -0.3 is 14.8 Å². The fourth-order valence-corrected chi connectivity index (χ4v) is 5.69. The van der Waals surface area contributed by atoms with E-state index in [2.05, 4.69) is 5.32 Å². The predicted molar refractivity (Wildman–Crippen MR) is 154 cm³/mol. The molecule has 0 saturated heterocycles. The lowest BCUT2D eigenvalue weighted by Crippen LogP contribution is -2.38. The number of aryl methyl sites for hydroxylation is 2. The number of rotatable bonds is 10. The monoisotopic (exact) mass is 564 g/mol. The van der Waals surface area contributed by atoms with Gasteiger partial charge in [-0.3, -0.25) is 9.10 Å². The third-order valence-electron chi connectivity index (χ3n) is 6.00. The van der Waals surface area contributed by atoms with E-state index < -0.39 is 22.5 Å². The molecule has 0 atom stereocenters. The van der Waals surface area contributed by atoms with Crippen molar-refractivity contribution in [1.29, 1.82) is 0 Å². The quantitative estimate of drug-likeness (QED) is 0.242. The van der Waals surface area contributed by atoms with E-state index in [1.54, 1.807) is 55.5 Å². The van der Waals surface area contributed by atoms with Gasteiger partial charge in [-0.2, -0.15) is 0 Å². The van der Waals surface area contributed by atoms with Gasteiger partial charge in [-0.05, 0) is 79.1 Å². The summed E-state index contributed by atoms with van der Waals surface area (Å²) in [7, 11) is -2.81. The first-order chi connectivity index (χ1) is 18.7. The minimum atomic E-state index is -4.21. The summed E-state index contributed by atoms with van der Waals surface area (Å²) in [6.07, 6.45) is 0. The standard InChI is InChI=1S/C30H29ClN2O5S/c1-21-9-16-28(37-3)29(17-21)39(35,36)33(25-13-10-22(2)27(31)18-25)19-30(34)32-24-11-14-26(15-12-24)38-20-23-7-5-4-6-8-23/h4-18H,19-20H2,1-3H3,(H,32,34). The molecule has 4 aromatic carbocycles. The first kappa shape index (κ1) is 28.0. The first-order valence-electron chi connectivity index (χ1n) is 12.2. The normalized spacial score (nSPS) is 11.1. The van der Waals surface area contributed by atoms with Crippen molar-refractivity contribution < 1.29 is 22.7 Å². The highest BCUT2D eigenvalue weighted by Gasteiger charge is 2.30. The van der Waals surface area contributed by atoms with E-state index in [0.717, 1.165) is 21.0 Å². The highest BCUT2D eigenvalue weighted by Crippen LogP contribution is 2.32. The van der Waals surface area contributed by atoms with Crippen molar-refractivity contribution in [2.45, 2.75) is 25.3 Å². The van der Waals surface area contributed by atoms with Crippen LogP contribution in [0.25, 0.3) is 0 Å². The molecule has 0 bridgehead atoms. The van der Waals surface area contributed by atoms with Crippen molar-refractivity contribution in [2.24, 2.45) is 0 Å². The van der Waals surface area contributed by atoms with Crippen LogP contribution in [-0.4, -0.2) is 28.0 Å². The third kappa shape index (κ3) is 6.90. The third-order valence-corrected chi connectivity index (χ3v) is 8.21. The Morgan fingerprint density at radius 2 is 1.64 bits per heavy atom. The van der Waals surface area contributed by atoms with Crippen LogP contribution in [-0.2, 0) is 21.4 Å². The molecule has 1 N–H and O–H groups in total. The van der Waals surface area contributed by atoms with E-state index in [-0.39, 0.29) is 16.3 Å². The summed E-state index contributed by atoms with van der Waals surface area (Å²) in [5.41, 5.74) is 3.31. The Kier molecular flexibility index (Phi) is 8.79. The maximum Gasteiger partial charge on any atom is 0.268 e. The number of anilines is 2. The van der Waals surface area contributed by atoms with Crippen LogP contribution in [0.15, 0.2) is 95.9 Å². The van der Waals surface area contributed by atoms with E-state index in [1.807, 2.05) is 37.3 Å². The molecule has 7 nitrogen and oxygen atoms in total. The van der Waals surface area contributed by atoms with Crippen molar-refractivity contribution in [3.63, 3.8) is 0 Å². The van der Waals surface area contributed by atoms with Gasteiger partial charge in [-0.15, -0.1) is 0 Å². The number of nitrogens with one attached hydrogen (secondary N) is 1. The lowest BCUT2D eigenvalue weighted by Gasteiger charge is -2.25. The molecule has 202 valence electrons. The number of halogens is 1. The second-order valence-electron chi connectivity index (χ2n) is 8.95. The Morgan fingerprint density at radius 1 is 0.923 bits per heavy atom. The summed E-state index contributed by atoms with van der Waals surface area (Å²) in [6.45, 7) is 3.53. The van der Waals surface area contributed by atoms with Gasteiger partial charge >= 0.3 is 0 Å². The molecule has 0 aliphatic rings. The number of carbonyl (C=O) groups is 1. The van der Waals surface area contributed by atoms with Crippen molar-refractivity contribution in [3.8, 4) is 11.5 Å². The van der Waals surface area contributed by atoms with Crippen molar-refractivity contribution in [3.05, 3.63) is 113 Å². The smallest absolute Gasteiger partial charge is 0.268 e. The molecule has 1 amide bonds. The Bertz CT molecular complexity index is 1560. The van der Waals surface area contributed by atoms with Crippen LogP contribution in [0.2, 0.25) is 5.02 Å². The summed E-state index contributed by atoms with van der Waals surface area (Å²) >= 11 is 6.33. The molecular weight excluding hydrogens is 536 g/mol. The van der Waals surface area contributed by atoms with Gasteiger partial charge in [0.1, 0.15) is 29.5 Å². The van der Waals surface area contributed by atoms with Gasteiger partial charge in [0.05, 0.1) is 12.8 Å². The van der Waals surface area contributed by atoms with Crippen molar-refractivity contribution in [2.75, 3.05) is 23.3 Å². The van der Waals surface area contributed by atoms with Crippen LogP contribution in [0.5, 0.6) is 11.5 Å². The molecule has 0 radical (unpaired) electrons. The summed E-state index contributed by atoms with van der Waals surface area (Å²) in [6, 6.07) is 26.4. The highest BCUT2D eigenvalue weighted by atomic mass is 35.5. The van der Waals surface area contributed by atoms with Gasteiger partial charge in [-0.25, -0.2) is 8.42 Å². The zero-order chi connectivity index (χ0) is 28.0. The number of methoxy groups -OCH3 is 1. The number of benzene rings is 4. The number of nitrogens with zero attached hydrogens (tertiary/aromatic N) is 1. The Labute approximate surface area is 234 Å². The fourth-order valence-electron chi connectivity index (χ4n) is 3.86. The lowest BCUT2D eigenvalue weighted by atomic mass is 10.2. The van der Waals surface area contributed by atoms with E-state index in [0.29, 0.717) is 23.1 Å². The molecule has 0 unspecified atom stereocenters.